The van der Waals surface area contributed by atoms with Gasteiger partial charge in [0.15, 0.2) is 0 Å². The lowest BCUT2D eigenvalue weighted by atomic mass is 10.1. The Kier molecular flexibility index (Phi) is 4.86. The molecule has 0 spiro atoms. The van der Waals surface area contributed by atoms with Gasteiger partial charge < -0.3 is 9.67 Å². The first-order valence-corrected chi connectivity index (χ1v) is 8.26. The van der Waals surface area contributed by atoms with Crippen LogP contribution in [0.5, 0.6) is 0 Å². The number of nitrogens with zero attached hydrogens (tertiary/aromatic N) is 3. The van der Waals surface area contributed by atoms with Crippen molar-refractivity contribution >= 4 is 11.3 Å². The quantitative estimate of drug-likeness (QED) is 0.751. The molecule has 0 bridgehead atoms. The monoisotopic (exact) mass is 323 g/mol. The average Bonchev–Trinajstić information content (AvgIpc) is 3.18. The maximum absolute atomic E-state index is 8.75. The van der Waals surface area contributed by atoms with Crippen LogP contribution < -0.4 is 0 Å². The first-order valence-electron chi connectivity index (χ1n) is 7.38. The SMILES string of the molecule is Cc1nc(Cn2ccnc2-c2ccc(C#CCCO)cc2)cs1. The molecule has 1 N–H and O–H groups in total. The fourth-order valence-electron chi connectivity index (χ4n) is 2.28. The minimum atomic E-state index is 0.0958. The predicted molar refractivity (Wildman–Crippen MR) is 92.2 cm³/mol. The van der Waals surface area contributed by atoms with E-state index in [1.165, 1.54) is 0 Å². The van der Waals surface area contributed by atoms with Crippen molar-refractivity contribution in [2.45, 2.75) is 19.9 Å². The predicted octanol–water partition coefficient (Wildman–Crippen LogP) is 3.10. The number of aromatic nitrogens is 3. The third kappa shape index (κ3) is 3.86. The Morgan fingerprint density at radius 2 is 2.09 bits per heavy atom. The van der Waals surface area contributed by atoms with Crippen molar-refractivity contribution in [3.8, 4) is 23.2 Å². The van der Waals surface area contributed by atoms with Crippen LogP contribution in [-0.2, 0) is 6.54 Å². The second-order valence-corrected chi connectivity index (χ2v) is 6.15. The molecule has 0 amide bonds. The number of benzene rings is 1. The van der Waals surface area contributed by atoms with Gasteiger partial charge in [-0.05, 0) is 19.1 Å². The molecule has 3 rings (SSSR count). The highest BCUT2D eigenvalue weighted by Crippen LogP contribution is 2.19. The van der Waals surface area contributed by atoms with Crippen LogP contribution in [0.3, 0.4) is 0 Å². The number of rotatable bonds is 4. The van der Waals surface area contributed by atoms with E-state index in [0.29, 0.717) is 6.42 Å². The zero-order valence-electron chi connectivity index (χ0n) is 12.9. The van der Waals surface area contributed by atoms with E-state index in [0.717, 1.165) is 34.2 Å². The average molecular weight is 323 g/mol. The van der Waals surface area contributed by atoms with E-state index in [9.17, 15) is 0 Å². The smallest absolute Gasteiger partial charge is 0.140 e. The first kappa shape index (κ1) is 15.5. The summed E-state index contributed by atoms with van der Waals surface area (Å²) in [7, 11) is 0. The molecule has 0 aliphatic heterocycles. The highest BCUT2D eigenvalue weighted by molar-refractivity contribution is 7.09. The molecule has 0 saturated heterocycles. The van der Waals surface area contributed by atoms with Gasteiger partial charge in [-0.25, -0.2) is 9.97 Å². The molecule has 0 aliphatic carbocycles. The lowest BCUT2D eigenvalue weighted by Crippen LogP contribution is -2.01. The van der Waals surface area contributed by atoms with Crippen LogP contribution in [0, 0.1) is 18.8 Å². The minimum absolute atomic E-state index is 0.0958. The third-order valence-corrected chi connectivity index (χ3v) is 4.15. The number of aliphatic hydroxyl groups is 1. The van der Waals surface area contributed by atoms with Crippen LogP contribution in [0.15, 0.2) is 42.0 Å². The molecule has 2 heterocycles. The van der Waals surface area contributed by atoms with Gasteiger partial charge >= 0.3 is 0 Å². The molecular weight excluding hydrogens is 306 g/mol. The van der Waals surface area contributed by atoms with Gasteiger partial charge in [-0.15, -0.1) is 11.3 Å². The topological polar surface area (TPSA) is 50.9 Å². The van der Waals surface area contributed by atoms with Crippen LogP contribution in [0.1, 0.15) is 22.7 Å². The molecule has 0 radical (unpaired) electrons. The number of hydrogen-bond donors (Lipinski definition) is 1. The summed E-state index contributed by atoms with van der Waals surface area (Å²) in [5, 5.41) is 11.9. The highest BCUT2D eigenvalue weighted by Gasteiger charge is 2.08. The molecule has 0 fully saturated rings. The van der Waals surface area contributed by atoms with Crippen LogP contribution in [0.4, 0.5) is 0 Å². The Bertz CT molecular complexity index is 837. The van der Waals surface area contributed by atoms with E-state index in [-0.39, 0.29) is 6.61 Å². The Hall–Kier alpha value is -2.42. The molecule has 0 atom stereocenters. The second kappa shape index (κ2) is 7.23. The van der Waals surface area contributed by atoms with Crippen molar-refractivity contribution in [2.24, 2.45) is 0 Å². The van der Waals surface area contributed by atoms with E-state index in [1.807, 2.05) is 43.6 Å². The third-order valence-electron chi connectivity index (χ3n) is 3.33. The molecule has 23 heavy (non-hydrogen) atoms. The number of aliphatic hydroxyl groups excluding tert-OH is 1. The molecule has 4 nitrogen and oxygen atoms in total. The van der Waals surface area contributed by atoms with Gasteiger partial charge in [0, 0.05) is 35.3 Å². The zero-order valence-corrected chi connectivity index (χ0v) is 13.7. The van der Waals surface area contributed by atoms with Crippen molar-refractivity contribution in [3.63, 3.8) is 0 Å². The maximum Gasteiger partial charge on any atom is 0.140 e. The summed E-state index contributed by atoms with van der Waals surface area (Å²) in [6, 6.07) is 8.00. The molecule has 0 unspecified atom stereocenters. The van der Waals surface area contributed by atoms with Gasteiger partial charge in [0.2, 0.25) is 0 Å². The Morgan fingerprint density at radius 1 is 1.26 bits per heavy atom. The minimum Gasteiger partial charge on any atom is -0.395 e. The molecule has 1 aromatic carbocycles. The van der Waals surface area contributed by atoms with E-state index in [1.54, 1.807) is 11.3 Å². The van der Waals surface area contributed by atoms with Crippen molar-refractivity contribution < 1.29 is 5.11 Å². The van der Waals surface area contributed by atoms with Gasteiger partial charge in [-0.1, -0.05) is 24.0 Å². The van der Waals surface area contributed by atoms with Gasteiger partial charge in [0.05, 0.1) is 23.9 Å². The summed E-state index contributed by atoms with van der Waals surface area (Å²) in [5.41, 5.74) is 3.04. The highest BCUT2D eigenvalue weighted by atomic mass is 32.1. The molecular formula is C18H17N3OS. The summed E-state index contributed by atoms with van der Waals surface area (Å²) in [6.45, 7) is 2.83. The van der Waals surface area contributed by atoms with Crippen molar-refractivity contribution in [2.75, 3.05) is 6.61 Å². The summed E-state index contributed by atoms with van der Waals surface area (Å²) in [6.07, 6.45) is 4.28. The standard InChI is InChI=1S/C18H17N3OS/c1-14-20-17(13-23-14)12-21-10-9-19-18(21)16-7-5-15(6-8-16)4-2-3-11-22/h5-10,13,22H,3,11-12H2,1H3. The Balaban J connectivity index is 1.80. The lowest BCUT2D eigenvalue weighted by Gasteiger charge is -2.06. The van der Waals surface area contributed by atoms with Crippen LogP contribution >= 0.6 is 11.3 Å². The first-order chi connectivity index (χ1) is 11.3. The van der Waals surface area contributed by atoms with Crippen molar-refractivity contribution in [1.82, 2.24) is 14.5 Å². The second-order valence-electron chi connectivity index (χ2n) is 5.09. The van der Waals surface area contributed by atoms with Crippen LogP contribution in [0.2, 0.25) is 0 Å². The van der Waals surface area contributed by atoms with Gasteiger partial charge in [0.1, 0.15) is 5.82 Å². The number of aryl methyl sites for hydroxylation is 1. The zero-order chi connectivity index (χ0) is 16.1. The van der Waals surface area contributed by atoms with E-state index in [4.69, 9.17) is 5.11 Å². The van der Waals surface area contributed by atoms with Crippen molar-refractivity contribution in [3.05, 3.63) is 58.3 Å². The van der Waals surface area contributed by atoms with Gasteiger partial charge in [-0.3, -0.25) is 0 Å². The fraction of sp³-hybridized carbons (Fsp3) is 0.222. The van der Waals surface area contributed by atoms with Crippen LogP contribution in [0.25, 0.3) is 11.4 Å². The number of thiazole rings is 1. The Labute approximate surface area is 139 Å². The molecule has 0 aliphatic rings. The maximum atomic E-state index is 8.75. The van der Waals surface area contributed by atoms with E-state index in [2.05, 4.69) is 31.8 Å². The molecule has 116 valence electrons. The summed E-state index contributed by atoms with van der Waals surface area (Å²) in [5.74, 6) is 6.88. The Morgan fingerprint density at radius 3 is 2.78 bits per heavy atom. The number of hydrogen-bond acceptors (Lipinski definition) is 4. The van der Waals surface area contributed by atoms with Gasteiger partial charge in [-0.2, -0.15) is 0 Å². The van der Waals surface area contributed by atoms with E-state index < -0.39 is 0 Å². The number of imidazole rings is 1. The van der Waals surface area contributed by atoms with Crippen molar-refractivity contribution in [1.29, 1.82) is 0 Å². The van der Waals surface area contributed by atoms with Crippen LogP contribution in [-0.4, -0.2) is 26.2 Å². The summed E-state index contributed by atoms with van der Waals surface area (Å²) >= 11 is 1.66. The largest absolute Gasteiger partial charge is 0.395 e. The molecule has 2 aromatic heterocycles. The normalized spacial score (nSPS) is 10.3. The molecule has 5 heteroatoms. The molecule has 3 aromatic rings. The van der Waals surface area contributed by atoms with E-state index >= 15 is 0 Å². The molecule has 0 saturated carbocycles. The van der Waals surface area contributed by atoms with Gasteiger partial charge in [0.25, 0.3) is 0 Å². The fourth-order valence-corrected chi connectivity index (χ4v) is 2.88. The summed E-state index contributed by atoms with van der Waals surface area (Å²) < 4.78 is 2.10. The summed E-state index contributed by atoms with van der Waals surface area (Å²) in [4.78, 5) is 8.97. The lowest BCUT2D eigenvalue weighted by molar-refractivity contribution is 0.305.